The van der Waals surface area contributed by atoms with Crippen LogP contribution < -0.4 is 5.73 Å². The van der Waals surface area contributed by atoms with Gasteiger partial charge in [-0.25, -0.2) is 4.98 Å². The van der Waals surface area contributed by atoms with Gasteiger partial charge in [0.2, 0.25) is 5.78 Å². The van der Waals surface area contributed by atoms with Gasteiger partial charge in [-0.3, -0.25) is 4.40 Å². The molecule has 0 bridgehead atoms. The molecule has 0 aliphatic carbocycles. The summed E-state index contributed by atoms with van der Waals surface area (Å²) >= 11 is 0. The van der Waals surface area contributed by atoms with Gasteiger partial charge in [-0.15, -0.1) is 0 Å². The standard InChI is InChI=1S/C8H12N4/c1-6-4-12-5-7(2-3-9)11-8(12)10-6/h4-5H,2-3,9H2,1H3,(H,10,11). The SMILES string of the molecule is Cc1cn2cc(CCN)nc2[nH]1. The lowest BCUT2D eigenvalue weighted by molar-refractivity contribution is 0.934. The van der Waals surface area contributed by atoms with Crippen molar-refractivity contribution in [2.75, 3.05) is 6.54 Å². The van der Waals surface area contributed by atoms with Crippen LogP contribution in [0.15, 0.2) is 12.4 Å². The number of H-pyrrole nitrogens is 1. The first-order chi connectivity index (χ1) is 5.79. The highest BCUT2D eigenvalue weighted by Crippen LogP contribution is 2.05. The van der Waals surface area contributed by atoms with E-state index in [1.54, 1.807) is 0 Å². The molecule has 0 aliphatic heterocycles. The number of nitrogens with one attached hydrogen (secondary N) is 1. The lowest BCUT2D eigenvalue weighted by Gasteiger charge is -1.86. The summed E-state index contributed by atoms with van der Waals surface area (Å²) < 4.78 is 1.99. The summed E-state index contributed by atoms with van der Waals surface area (Å²) in [6.45, 7) is 2.66. The highest BCUT2D eigenvalue weighted by Gasteiger charge is 2.01. The molecular weight excluding hydrogens is 152 g/mol. The van der Waals surface area contributed by atoms with Gasteiger partial charge in [0.25, 0.3) is 0 Å². The second kappa shape index (κ2) is 2.64. The van der Waals surface area contributed by atoms with Crippen molar-refractivity contribution in [1.82, 2.24) is 14.4 Å². The summed E-state index contributed by atoms with van der Waals surface area (Å²) in [5.41, 5.74) is 7.59. The third kappa shape index (κ3) is 1.10. The molecule has 12 heavy (non-hydrogen) atoms. The van der Waals surface area contributed by atoms with Crippen molar-refractivity contribution in [2.24, 2.45) is 5.73 Å². The monoisotopic (exact) mass is 164 g/mol. The van der Waals surface area contributed by atoms with Gasteiger partial charge in [0, 0.05) is 24.5 Å². The van der Waals surface area contributed by atoms with Crippen LogP contribution in [0.2, 0.25) is 0 Å². The van der Waals surface area contributed by atoms with Gasteiger partial charge < -0.3 is 10.7 Å². The molecule has 0 spiro atoms. The Morgan fingerprint density at radius 1 is 1.58 bits per heavy atom. The number of fused-ring (bicyclic) bond motifs is 1. The van der Waals surface area contributed by atoms with Crippen molar-refractivity contribution in [1.29, 1.82) is 0 Å². The Morgan fingerprint density at radius 3 is 3.08 bits per heavy atom. The van der Waals surface area contributed by atoms with Crippen molar-refractivity contribution in [3.8, 4) is 0 Å². The van der Waals surface area contributed by atoms with E-state index in [2.05, 4.69) is 9.97 Å². The molecule has 0 aromatic carbocycles. The zero-order chi connectivity index (χ0) is 8.55. The highest BCUT2D eigenvalue weighted by molar-refractivity contribution is 5.33. The molecule has 0 fully saturated rings. The fraction of sp³-hybridized carbons (Fsp3) is 0.375. The molecule has 2 heterocycles. The van der Waals surface area contributed by atoms with Crippen LogP contribution in [0.1, 0.15) is 11.4 Å². The first-order valence-corrected chi connectivity index (χ1v) is 4.03. The summed E-state index contributed by atoms with van der Waals surface area (Å²) in [5.74, 6) is 0.899. The zero-order valence-corrected chi connectivity index (χ0v) is 7.04. The van der Waals surface area contributed by atoms with Crippen LogP contribution >= 0.6 is 0 Å². The average Bonchev–Trinajstić information content (AvgIpc) is 2.44. The van der Waals surface area contributed by atoms with Crippen LogP contribution in [0.5, 0.6) is 0 Å². The summed E-state index contributed by atoms with van der Waals surface area (Å²) in [6.07, 6.45) is 4.86. The van der Waals surface area contributed by atoms with Crippen LogP contribution in [0.25, 0.3) is 5.78 Å². The van der Waals surface area contributed by atoms with E-state index in [-0.39, 0.29) is 0 Å². The van der Waals surface area contributed by atoms with Gasteiger partial charge in [-0.2, -0.15) is 0 Å². The molecule has 0 saturated carbocycles. The maximum Gasteiger partial charge on any atom is 0.211 e. The van der Waals surface area contributed by atoms with Crippen LogP contribution in [0.3, 0.4) is 0 Å². The Balaban J connectivity index is 2.43. The minimum atomic E-state index is 0.652. The van der Waals surface area contributed by atoms with E-state index in [1.165, 1.54) is 0 Å². The Morgan fingerprint density at radius 2 is 2.42 bits per heavy atom. The van der Waals surface area contributed by atoms with E-state index in [4.69, 9.17) is 5.73 Å². The molecule has 0 atom stereocenters. The minimum Gasteiger partial charge on any atom is -0.330 e. The summed E-state index contributed by atoms with van der Waals surface area (Å²) in [5, 5.41) is 0. The third-order valence-electron chi connectivity index (χ3n) is 1.82. The van der Waals surface area contributed by atoms with E-state index in [0.717, 1.165) is 23.6 Å². The first-order valence-electron chi connectivity index (χ1n) is 4.03. The van der Waals surface area contributed by atoms with Crippen LogP contribution in [-0.2, 0) is 6.42 Å². The lowest BCUT2D eigenvalue weighted by atomic mass is 10.3. The molecule has 2 aromatic heterocycles. The van der Waals surface area contributed by atoms with Crippen molar-refractivity contribution in [2.45, 2.75) is 13.3 Å². The second-order valence-corrected chi connectivity index (χ2v) is 2.94. The van der Waals surface area contributed by atoms with Crippen LogP contribution in [0.4, 0.5) is 0 Å². The Labute approximate surface area is 70.4 Å². The normalized spacial score (nSPS) is 11.2. The summed E-state index contributed by atoms with van der Waals surface area (Å²) in [7, 11) is 0. The molecule has 3 N–H and O–H groups in total. The summed E-state index contributed by atoms with van der Waals surface area (Å²) in [4.78, 5) is 7.50. The highest BCUT2D eigenvalue weighted by atomic mass is 15.1. The molecule has 0 saturated heterocycles. The number of nitrogens with zero attached hydrogens (tertiary/aromatic N) is 2. The van der Waals surface area contributed by atoms with Gasteiger partial charge in [-0.05, 0) is 13.5 Å². The van der Waals surface area contributed by atoms with Crippen molar-refractivity contribution >= 4 is 5.78 Å². The van der Waals surface area contributed by atoms with E-state index >= 15 is 0 Å². The summed E-state index contributed by atoms with van der Waals surface area (Å²) in [6, 6.07) is 0. The maximum atomic E-state index is 5.42. The fourth-order valence-electron chi connectivity index (χ4n) is 1.32. The lowest BCUT2D eigenvalue weighted by Crippen LogP contribution is -2.02. The van der Waals surface area contributed by atoms with E-state index in [9.17, 15) is 0 Å². The van der Waals surface area contributed by atoms with Crippen LogP contribution in [0, 0.1) is 6.92 Å². The fourth-order valence-corrected chi connectivity index (χ4v) is 1.32. The number of aryl methyl sites for hydroxylation is 1. The van der Waals surface area contributed by atoms with Gasteiger partial charge in [-0.1, -0.05) is 0 Å². The van der Waals surface area contributed by atoms with E-state index in [1.807, 2.05) is 23.7 Å². The third-order valence-corrected chi connectivity index (χ3v) is 1.82. The van der Waals surface area contributed by atoms with Crippen molar-refractivity contribution < 1.29 is 0 Å². The quantitative estimate of drug-likeness (QED) is 0.678. The van der Waals surface area contributed by atoms with Gasteiger partial charge >= 0.3 is 0 Å². The number of rotatable bonds is 2. The van der Waals surface area contributed by atoms with E-state index in [0.29, 0.717) is 6.54 Å². The number of hydrogen-bond acceptors (Lipinski definition) is 2. The number of aromatic nitrogens is 3. The van der Waals surface area contributed by atoms with Crippen molar-refractivity contribution in [3.05, 3.63) is 23.8 Å². The Bertz CT molecular complexity index is 353. The molecule has 0 unspecified atom stereocenters. The molecule has 0 aliphatic rings. The topological polar surface area (TPSA) is 59.1 Å². The number of hydrogen-bond donors (Lipinski definition) is 2. The minimum absolute atomic E-state index is 0.652. The molecular formula is C8H12N4. The van der Waals surface area contributed by atoms with Crippen molar-refractivity contribution in [3.63, 3.8) is 0 Å². The average molecular weight is 164 g/mol. The molecule has 4 heteroatoms. The molecule has 0 amide bonds. The van der Waals surface area contributed by atoms with Gasteiger partial charge in [0.05, 0.1) is 5.69 Å². The smallest absolute Gasteiger partial charge is 0.211 e. The van der Waals surface area contributed by atoms with Gasteiger partial charge in [0.15, 0.2) is 0 Å². The number of nitrogens with two attached hydrogens (primary N) is 1. The Hall–Kier alpha value is -1.29. The Kier molecular flexibility index (Phi) is 1.62. The zero-order valence-electron chi connectivity index (χ0n) is 7.04. The number of imidazole rings is 2. The van der Waals surface area contributed by atoms with E-state index < -0.39 is 0 Å². The predicted molar refractivity (Wildman–Crippen MR) is 47.0 cm³/mol. The molecule has 2 rings (SSSR count). The maximum absolute atomic E-state index is 5.42. The number of aromatic amines is 1. The van der Waals surface area contributed by atoms with Crippen LogP contribution in [-0.4, -0.2) is 20.9 Å². The molecule has 2 aromatic rings. The predicted octanol–water partition coefficient (Wildman–Crippen LogP) is 0.472. The molecule has 4 nitrogen and oxygen atoms in total. The van der Waals surface area contributed by atoms with Gasteiger partial charge in [0.1, 0.15) is 0 Å². The largest absolute Gasteiger partial charge is 0.330 e. The second-order valence-electron chi connectivity index (χ2n) is 2.94. The first kappa shape index (κ1) is 7.36. The molecule has 64 valence electrons. The molecule has 0 radical (unpaired) electrons.